The fraction of sp³-hybridized carbons (Fsp3) is 0.333. The first kappa shape index (κ1) is 14.0. The second-order valence-electron chi connectivity index (χ2n) is 3.74. The monoisotopic (exact) mass is 343 g/mol. The van der Waals surface area contributed by atoms with Crippen molar-refractivity contribution in [2.75, 3.05) is 6.54 Å². The molecule has 0 saturated heterocycles. The van der Waals surface area contributed by atoms with E-state index < -0.39 is 0 Å². The van der Waals surface area contributed by atoms with Crippen LogP contribution in [0.2, 0.25) is 0 Å². The van der Waals surface area contributed by atoms with Gasteiger partial charge >= 0.3 is 0 Å². The number of rotatable bonds is 6. The molecule has 1 aromatic carbocycles. The molecule has 0 saturated carbocycles. The summed E-state index contributed by atoms with van der Waals surface area (Å²) in [6.45, 7) is 4.12. The van der Waals surface area contributed by atoms with E-state index in [1.54, 1.807) is 18.1 Å². The van der Waals surface area contributed by atoms with Crippen LogP contribution in [0.3, 0.4) is 0 Å². The highest BCUT2D eigenvalue weighted by atomic mass is 79.9. The summed E-state index contributed by atoms with van der Waals surface area (Å²) < 4.78 is 6.11. The lowest BCUT2D eigenvalue weighted by Crippen LogP contribution is -2.14. The second kappa shape index (κ2) is 7.23. The molecule has 1 N–H and O–H groups in total. The highest BCUT2D eigenvalue weighted by molar-refractivity contribution is 9.10. The molecule has 1 heterocycles. The molecule has 3 nitrogen and oxygen atoms in total. The number of hydrogen-bond donors (Lipinski definition) is 1. The Morgan fingerprint density at radius 2 is 2.33 bits per heavy atom. The second-order valence-corrected chi connectivity index (χ2v) is 6.69. The molecule has 0 amide bonds. The van der Waals surface area contributed by atoms with E-state index in [0.29, 0.717) is 0 Å². The van der Waals surface area contributed by atoms with E-state index in [1.807, 2.05) is 0 Å². The maximum Gasteiger partial charge on any atom is 0.174 e. The zero-order valence-corrected chi connectivity index (χ0v) is 13.2. The van der Waals surface area contributed by atoms with E-state index in [2.05, 4.69) is 55.7 Å². The van der Waals surface area contributed by atoms with Crippen molar-refractivity contribution in [3.05, 3.63) is 34.6 Å². The number of halogens is 1. The fourth-order valence-electron chi connectivity index (χ4n) is 1.44. The van der Waals surface area contributed by atoms with Crippen LogP contribution in [0, 0.1) is 0 Å². The van der Waals surface area contributed by atoms with E-state index in [4.69, 9.17) is 0 Å². The van der Waals surface area contributed by atoms with Crippen molar-refractivity contribution in [1.82, 2.24) is 14.7 Å². The highest BCUT2D eigenvalue weighted by Gasteiger charge is 2.04. The van der Waals surface area contributed by atoms with Crippen molar-refractivity contribution >= 4 is 39.2 Å². The Morgan fingerprint density at radius 3 is 3.00 bits per heavy atom. The normalized spacial score (nSPS) is 10.8. The Morgan fingerprint density at radius 1 is 1.44 bits per heavy atom. The van der Waals surface area contributed by atoms with Crippen molar-refractivity contribution in [1.29, 1.82) is 0 Å². The van der Waals surface area contributed by atoms with Crippen LogP contribution in [0.4, 0.5) is 0 Å². The SMILES string of the molecule is CCCNCc1ccc(Sc2ncns2)cc1Br. The van der Waals surface area contributed by atoms with Crippen LogP contribution in [0.1, 0.15) is 18.9 Å². The van der Waals surface area contributed by atoms with Gasteiger partial charge in [-0.1, -0.05) is 40.7 Å². The van der Waals surface area contributed by atoms with Crippen LogP contribution in [0.5, 0.6) is 0 Å². The summed E-state index contributed by atoms with van der Waals surface area (Å²) in [5.74, 6) is 0. The van der Waals surface area contributed by atoms with E-state index in [1.165, 1.54) is 22.0 Å². The first-order valence-corrected chi connectivity index (χ1v) is 8.11. The lowest BCUT2D eigenvalue weighted by Gasteiger charge is -2.07. The number of nitrogens with one attached hydrogen (secondary N) is 1. The molecule has 6 heteroatoms. The van der Waals surface area contributed by atoms with Gasteiger partial charge in [-0.25, -0.2) is 4.98 Å². The predicted octanol–water partition coefficient (Wildman–Crippen LogP) is 3.95. The number of hydrogen-bond acceptors (Lipinski definition) is 5. The molecule has 18 heavy (non-hydrogen) atoms. The Balaban J connectivity index is 2.00. The largest absolute Gasteiger partial charge is 0.313 e. The van der Waals surface area contributed by atoms with Crippen molar-refractivity contribution in [3.8, 4) is 0 Å². The smallest absolute Gasteiger partial charge is 0.174 e. The summed E-state index contributed by atoms with van der Waals surface area (Å²) in [5.41, 5.74) is 1.28. The molecule has 0 aliphatic heterocycles. The van der Waals surface area contributed by atoms with Gasteiger partial charge in [0.15, 0.2) is 4.34 Å². The minimum absolute atomic E-state index is 0.901. The summed E-state index contributed by atoms with van der Waals surface area (Å²) in [6, 6.07) is 6.41. The van der Waals surface area contributed by atoms with Crippen LogP contribution >= 0.6 is 39.2 Å². The summed E-state index contributed by atoms with van der Waals surface area (Å²) >= 11 is 6.68. The van der Waals surface area contributed by atoms with E-state index in [9.17, 15) is 0 Å². The van der Waals surface area contributed by atoms with Crippen LogP contribution in [-0.2, 0) is 6.54 Å². The lowest BCUT2D eigenvalue weighted by atomic mass is 10.2. The summed E-state index contributed by atoms with van der Waals surface area (Å²) in [5, 5.41) is 3.40. The first-order chi connectivity index (χ1) is 8.79. The molecule has 0 fully saturated rings. The third kappa shape index (κ3) is 4.05. The number of aromatic nitrogens is 2. The zero-order valence-electron chi connectivity index (χ0n) is 10.0. The molecule has 2 rings (SSSR count). The van der Waals surface area contributed by atoms with Crippen molar-refractivity contribution in [3.63, 3.8) is 0 Å². The standard InChI is InChI=1S/C12H14BrN3S2/c1-2-5-14-7-9-3-4-10(6-11(9)13)17-12-15-8-16-18-12/h3-4,6,8,14H,2,5,7H2,1H3. The van der Waals surface area contributed by atoms with Gasteiger partial charge in [-0.05, 0) is 42.2 Å². The van der Waals surface area contributed by atoms with Gasteiger partial charge in [0.2, 0.25) is 0 Å². The van der Waals surface area contributed by atoms with Gasteiger partial charge < -0.3 is 5.32 Å². The average Bonchev–Trinajstić information content (AvgIpc) is 2.85. The van der Waals surface area contributed by atoms with Gasteiger partial charge in [0.1, 0.15) is 6.33 Å². The average molecular weight is 344 g/mol. The van der Waals surface area contributed by atoms with Crippen molar-refractivity contribution < 1.29 is 0 Å². The van der Waals surface area contributed by atoms with Gasteiger partial charge in [-0.3, -0.25) is 0 Å². The highest BCUT2D eigenvalue weighted by Crippen LogP contribution is 2.31. The Bertz CT molecular complexity index is 488. The predicted molar refractivity (Wildman–Crippen MR) is 80.2 cm³/mol. The van der Waals surface area contributed by atoms with Gasteiger partial charge in [0, 0.05) is 15.9 Å². The molecular weight excluding hydrogens is 330 g/mol. The minimum Gasteiger partial charge on any atom is -0.313 e. The Kier molecular flexibility index (Phi) is 5.62. The molecule has 0 aliphatic rings. The van der Waals surface area contributed by atoms with Gasteiger partial charge in [0.25, 0.3) is 0 Å². The first-order valence-electron chi connectivity index (χ1n) is 5.73. The molecule has 0 unspecified atom stereocenters. The number of benzene rings is 1. The molecule has 0 spiro atoms. The maximum atomic E-state index is 4.17. The summed E-state index contributed by atoms with van der Waals surface area (Å²) in [6.07, 6.45) is 2.74. The quantitative estimate of drug-likeness (QED) is 0.805. The fourth-order valence-corrected chi connectivity index (χ4v) is 3.57. The lowest BCUT2D eigenvalue weighted by molar-refractivity contribution is 0.673. The third-order valence-electron chi connectivity index (χ3n) is 2.31. The van der Waals surface area contributed by atoms with Crippen molar-refractivity contribution in [2.24, 2.45) is 0 Å². The molecule has 1 aromatic heterocycles. The summed E-state index contributed by atoms with van der Waals surface area (Å²) in [7, 11) is 0. The zero-order chi connectivity index (χ0) is 12.8. The molecular formula is C12H14BrN3S2. The van der Waals surface area contributed by atoms with Crippen LogP contribution in [0.25, 0.3) is 0 Å². The third-order valence-corrected chi connectivity index (χ3v) is 4.76. The molecule has 0 radical (unpaired) electrons. The van der Waals surface area contributed by atoms with E-state index >= 15 is 0 Å². The molecule has 0 bridgehead atoms. The topological polar surface area (TPSA) is 37.8 Å². The van der Waals surface area contributed by atoms with Crippen LogP contribution < -0.4 is 5.32 Å². The van der Waals surface area contributed by atoms with E-state index in [0.717, 1.165) is 28.3 Å². The van der Waals surface area contributed by atoms with E-state index in [-0.39, 0.29) is 0 Å². The van der Waals surface area contributed by atoms with Crippen LogP contribution in [0.15, 0.2) is 38.2 Å². The van der Waals surface area contributed by atoms with Crippen LogP contribution in [-0.4, -0.2) is 15.9 Å². The van der Waals surface area contributed by atoms with Gasteiger partial charge in [-0.15, -0.1) is 0 Å². The van der Waals surface area contributed by atoms with Gasteiger partial charge in [0.05, 0.1) is 0 Å². The minimum atomic E-state index is 0.901. The van der Waals surface area contributed by atoms with Crippen molar-refractivity contribution in [2.45, 2.75) is 29.1 Å². The Hall–Kier alpha value is -0.430. The molecule has 0 aliphatic carbocycles. The maximum absolute atomic E-state index is 4.17. The molecule has 2 aromatic rings. The Labute approximate surface area is 124 Å². The molecule has 96 valence electrons. The van der Waals surface area contributed by atoms with Gasteiger partial charge in [-0.2, -0.15) is 4.37 Å². The number of nitrogens with zero attached hydrogens (tertiary/aromatic N) is 2. The molecule has 0 atom stereocenters. The summed E-state index contributed by atoms with van der Waals surface area (Å²) in [4.78, 5) is 5.35.